The van der Waals surface area contributed by atoms with Crippen molar-refractivity contribution >= 4 is 5.91 Å². The van der Waals surface area contributed by atoms with Crippen molar-refractivity contribution in [1.29, 1.82) is 5.26 Å². The zero-order valence-electron chi connectivity index (χ0n) is 19.0. The lowest BCUT2D eigenvalue weighted by Gasteiger charge is -2.27. The smallest absolute Gasteiger partial charge is 0.350 e. The average molecular weight is 470 g/mol. The number of benzene rings is 2. The largest absolute Gasteiger partial charge is 0.416 e. The summed E-state index contributed by atoms with van der Waals surface area (Å²) in [6.07, 6.45) is -1.03. The minimum absolute atomic E-state index is 0.0341. The maximum Gasteiger partial charge on any atom is 0.416 e. The van der Waals surface area contributed by atoms with E-state index in [0.29, 0.717) is 12.1 Å². The van der Waals surface area contributed by atoms with Crippen LogP contribution in [0.5, 0.6) is 0 Å². The number of hydrogen-bond acceptors (Lipinski definition) is 4. The molecular weight excluding hydrogens is 443 g/mol. The molecule has 0 atom stereocenters. The summed E-state index contributed by atoms with van der Waals surface area (Å²) >= 11 is 0. The summed E-state index contributed by atoms with van der Waals surface area (Å²) in [4.78, 5) is 16.8. The first-order valence-electron chi connectivity index (χ1n) is 10.7. The molecule has 1 amide bonds. The van der Waals surface area contributed by atoms with Gasteiger partial charge in [0.05, 0.1) is 29.9 Å². The van der Waals surface area contributed by atoms with Crippen molar-refractivity contribution in [3.05, 3.63) is 89.0 Å². The maximum atomic E-state index is 13.2. The van der Waals surface area contributed by atoms with Crippen LogP contribution in [-0.2, 0) is 30.5 Å². The van der Waals surface area contributed by atoms with Gasteiger partial charge in [-0.15, -0.1) is 0 Å². The van der Waals surface area contributed by atoms with E-state index < -0.39 is 17.3 Å². The van der Waals surface area contributed by atoms with Gasteiger partial charge in [0.15, 0.2) is 0 Å². The van der Waals surface area contributed by atoms with Crippen LogP contribution in [0.4, 0.5) is 13.2 Å². The molecule has 2 N–H and O–H groups in total. The topological polar surface area (TPSA) is 82.7 Å². The summed E-state index contributed by atoms with van der Waals surface area (Å²) in [7, 11) is 0. The fourth-order valence-corrected chi connectivity index (χ4v) is 3.61. The quantitative estimate of drug-likeness (QED) is 0.495. The van der Waals surface area contributed by atoms with Crippen LogP contribution >= 0.6 is 0 Å². The van der Waals surface area contributed by atoms with Gasteiger partial charge in [0, 0.05) is 37.1 Å². The van der Waals surface area contributed by atoms with Crippen molar-refractivity contribution < 1.29 is 18.0 Å². The third-order valence-electron chi connectivity index (χ3n) is 5.26. The van der Waals surface area contributed by atoms with Crippen LogP contribution in [0.3, 0.4) is 0 Å². The van der Waals surface area contributed by atoms with E-state index in [4.69, 9.17) is 5.26 Å². The normalized spacial score (nSPS) is 11.8. The molecule has 0 saturated heterocycles. The summed E-state index contributed by atoms with van der Waals surface area (Å²) in [6, 6.07) is 14.7. The van der Waals surface area contributed by atoms with Gasteiger partial charge < -0.3 is 15.2 Å². The van der Waals surface area contributed by atoms with Crippen molar-refractivity contribution in [3.63, 3.8) is 0 Å². The molecule has 0 saturated carbocycles. The van der Waals surface area contributed by atoms with Crippen LogP contribution in [0, 0.1) is 11.3 Å². The van der Waals surface area contributed by atoms with Crippen LogP contribution in [0.15, 0.2) is 61.1 Å². The number of carbonyl (C=O) groups is 1. The van der Waals surface area contributed by atoms with E-state index in [2.05, 4.69) is 21.7 Å². The molecule has 2 aromatic carbocycles. The molecule has 0 aliphatic rings. The molecule has 3 aromatic rings. The van der Waals surface area contributed by atoms with Crippen molar-refractivity contribution in [1.82, 2.24) is 20.2 Å². The van der Waals surface area contributed by atoms with E-state index >= 15 is 0 Å². The number of halogens is 3. The van der Waals surface area contributed by atoms with Crippen molar-refractivity contribution in [2.45, 2.75) is 45.1 Å². The Morgan fingerprint density at radius 3 is 2.50 bits per heavy atom. The number of nitrogens with one attached hydrogen (secondary N) is 2. The third-order valence-corrected chi connectivity index (χ3v) is 5.26. The lowest BCUT2D eigenvalue weighted by atomic mass is 10.0. The summed E-state index contributed by atoms with van der Waals surface area (Å²) in [5.41, 5.74) is 1.09. The molecule has 0 spiro atoms. The molecule has 6 nitrogen and oxygen atoms in total. The predicted octanol–water partition coefficient (Wildman–Crippen LogP) is 4.05. The van der Waals surface area contributed by atoms with Crippen LogP contribution in [0.1, 0.15) is 41.8 Å². The first kappa shape index (κ1) is 25.0. The fourth-order valence-electron chi connectivity index (χ4n) is 3.61. The molecule has 3 rings (SSSR count). The molecule has 0 radical (unpaired) electrons. The number of imidazole rings is 1. The second kappa shape index (κ2) is 10.5. The van der Waals surface area contributed by atoms with Crippen molar-refractivity contribution in [3.8, 4) is 6.07 Å². The number of amides is 1. The van der Waals surface area contributed by atoms with Crippen LogP contribution in [-0.4, -0.2) is 27.5 Å². The predicted molar refractivity (Wildman–Crippen MR) is 122 cm³/mol. The summed E-state index contributed by atoms with van der Waals surface area (Å²) in [5.74, 6) is -0.218. The fraction of sp³-hybridized carbons (Fsp3) is 0.320. The van der Waals surface area contributed by atoms with Gasteiger partial charge in [0.2, 0.25) is 5.91 Å². The Labute approximate surface area is 196 Å². The zero-order valence-corrected chi connectivity index (χ0v) is 19.0. The Morgan fingerprint density at radius 1 is 1.12 bits per heavy atom. The Morgan fingerprint density at radius 2 is 1.82 bits per heavy atom. The van der Waals surface area contributed by atoms with E-state index in [0.717, 1.165) is 17.3 Å². The molecule has 9 heteroatoms. The van der Waals surface area contributed by atoms with E-state index in [9.17, 15) is 18.0 Å². The van der Waals surface area contributed by atoms with Gasteiger partial charge in [0.1, 0.15) is 0 Å². The number of rotatable bonds is 9. The first-order chi connectivity index (χ1) is 16.1. The number of nitrogens with zero attached hydrogens (tertiary/aromatic N) is 3. The van der Waals surface area contributed by atoms with Crippen molar-refractivity contribution in [2.24, 2.45) is 0 Å². The molecule has 34 heavy (non-hydrogen) atoms. The molecule has 0 unspecified atom stereocenters. The van der Waals surface area contributed by atoms with E-state index in [1.165, 1.54) is 12.1 Å². The Balaban J connectivity index is 1.54. The van der Waals surface area contributed by atoms with Gasteiger partial charge in [-0.05, 0) is 43.2 Å². The summed E-state index contributed by atoms with van der Waals surface area (Å²) in [5, 5.41) is 14.9. The number of nitriles is 1. The lowest BCUT2D eigenvalue weighted by Crippen LogP contribution is -2.50. The minimum Gasteiger partial charge on any atom is -0.350 e. The molecule has 1 heterocycles. The summed E-state index contributed by atoms with van der Waals surface area (Å²) < 4.78 is 41.3. The SMILES string of the molecule is CC(C)(CNCc1ccccc1C(F)(F)F)NC(=O)Cc1cncn1Cc1ccc(C#N)cc1. The minimum atomic E-state index is -4.41. The number of alkyl halides is 3. The highest BCUT2D eigenvalue weighted by molar-refractivity contribution is 5.78. The molecule has 1 aromatic heterocycles. The van der Waals surface area contributed by atoms with Crippen LogP contribution < -0.4 is 10.6 Å². The second-order valence-electron chi connectivity index (χ2n) is 8.69. The Kier molecular flexibility index (Phi) is 7.74. The molecule has 0 aliphatic heterocycles. The van der Waals surface area contributed by atoms with Gasteiger partial charge >= 0.3 is 6.18 Å². The molecule has 0 aliphatic carbocycles. The first-order valence-corrected chi connectivity index (χ1v) is 10.7. The highest BCUT2D eigenvalue weighted by Gasteiger charge is 2.32. The Bertz CT molecular complexity index is 1160. The van der Waals surface area contributed by atoms with Gasteiger partial charge in [-0.2, -0.15) is 18.4 Å². The molecule has 0 bridgehead atoms. The lowest BCUT2D eigenvalue weighted by molar-refractivity contribution is -0.138. The monoisotopic (exact) mass is 469 g/mol. The van der Waals surface area contributed by atoms with Gasteiger partial charge in [-0.25, -0.2) is 4.98 Å². The highest BCUT2D eigenvalue weighted by atomic mass is 19.4. The van der Waals surface area contributed by atoms with E-state index in [1.807, 2.05) is 30.5 Å². The van der Waals surface area contributed by atoms with Crippen molar-refractivity contribution in [2.75, 3.05) is 6.54 Å². The second-order valence-corrected chi connectivity index (χ2v) is 8.69. The van der Waals surface area contributed by atoms with E-state index in [-0.39, 0.29) is 31.0 Å². The maximum absolute atomic E-state index is 13.2. The number of carbonyl (C=O) groups excluding carboxylic acids is 1. The number of aromatic nitrogens is 2. The molecule has 178 valence electrons. The molecular formula is C25H26F3N5O. The third kappa shape index (κ3) is 6.93. The Hall–Kier alpha value is -3.64. The van der Waals surface area contributed by atoms with Crippen LogP contribution in [0.25, 0.3) is 0 Å². The van der Waals surface area contributed by atoms with Crippen LogP contribution in [0.2, 0.25) is 0 Å². The van der Waals surface area contributed by atoms with E-state index in [1.54, 1.807) is 30.7 Å². The standard InChI is InChI=1S/C25H26F3N5O/c1-24(2,16-30-13-20-5-3-4-6-22(20)25(26,27)28)32-23(34)11-21-14-31-17-33(21)15-19-9-7-18(12-29)8-10-19/h3-10,14,17,30H,11,13,15-16H2,1-2H3,(H,32,34). The zero-order chi connectivity index (χ0) is 24.8. The van der Waals surface area contributed by atoms with Gasteiger partial charge in [-0.3, -0.25) is 4.79 Å². The number of hydrogen-bond donors (Lipinski definition) is 2. The van der Waals surface area contributed by atoms with Gasteiger partial charge in [-0.1, -0.05) is 30.3 Å². The molecule has 0 fully saturated rings. The highest BCUT2D eigenvalue weighted by Crippen LogP contribution is 2.31. The van der Waals surface area contributed by atoms with Gasteiger partial charge in [0.25, 0.3) is 0 Å². The average Bonchev–Trinajstić information content (AvgIpc) is 3.19. The summed E-state index contributed by atoms with van der Waals surface area (Å²) in [6.45, 7) is 4.45.